The van der Waals surface area contributed by atoms with Crippen molar-refractivity contribution in [2.75, 3.05) is 18.1 Å². The molecule has 1 atom stereocenters. The Labute approximate surface area is 142 Å². The SMILES string of the molecule is CCCSCC(=O)NC(CN)c1ccc2ccccc2c1.Cl. The second kappa shape index (κ2) is 9.72. The van der Waals surface area contributed by atoms with Crippen LogP contribution in [0.25, 0.3) is 10.8 Å². The second-order valence-corrected chi connectivity index (χ2v) is 6.12. The number of fused-ring (bicyclic) bond motifs is 1. The fourth-order valence-electron chi connectivity index (χ4n) is 2.25. The summed E-state index contributed by atoms with van der Waals surface area (Å²) in [6, 6.07) is 14.3. The lowest BCUT2D eigenvalue weighted by Gasteiger charge is -2.18. The Kier molecular flexibility index (Phi) is 8.31. The van der Waals surface area contributed by atoms with Gasteiger partial charge in [-0.1, -0.05) is 43.3 Å². The number of carbonyl (C=O) groups excluding carboxylic acids is 1. The Morgan fingerprint density at radius 1 is 1.23 bits per heavy atom. The van der Waals surface area contributed by atoms with Gasteiger partial charge < -0.3 is 11.1 Å². The zero-order chi connectivity index (χ0) is 15.1. The first kappa shape index (κ1) is 18.8. The van der Waals surface area contributed by atoms with Crippen molar-refractivity contribution < 1.29 is 4.79 Å². The molecule has 0 spiro atoms. The van der Waals surface area contributed by atoms with Crippen molar-refractivity contribution in [3.8, 4) is 0 Å². The van der Waals surface area contributed by atoms with Gasteiger partial charge in [0.25, 0.3) is 0 Å². The Hall–Kier alpha value is -1.23. The Morgan fingerprint density at radius 2 is 1.95 bits per heavy atom. The quantitative estimate of drug-likeness (QED) is 0.759. The summed E-state index contributed by atoms with van der Waals surface area (Å²) in [5, 5.41) is 5.39. The maximum Gasteiger partial charge on any atom is 0.230 e. The van der Waals surface area contributed by atoms with E-state index in [9.17, 15) is 4.79 Å². The number of benzene rings is 2. The fraction of sp³-hybridized carbons (Fsp3) is 0.353. The van der Waals surface area contributed by atoms with Gasteiger partial charge in [-0.2, -0.15) is 11.8 Å². The molecule has 0 saturated heterocycles. The van der Waals surface area contributed by atoms with E-state index in [1.165, 1.54) is 10.8 Å². The van der Waals surface area contributed by atoms with Gasteiger partial charge in [0.2, 0.25) is 5.91 Å². The first-order chi connectivity index (χ1) is 10.2. The summed E-state index contributed by atoms with van der Waals surface area (Å²) in [6.07, 6.45) is 1.09. The highest BCUT2D eigenvalue weighted by Gasteiger charge is 2.13. The van der Waals surface area contributed by atoms with Crippen LogP contribution in [0.15, 0.2) is 42.5 Å². The maximum absolute atomic E-state index is 11.9. The van der Waals surface area contributed by atoms with Crippen LogP contribution in [-0.2, 0) is 4.79 Å². The number of hydrogen-bond acceptors (Lipinski definition) is 3. The van der Waals surface area contributed by atoms with Crippen LogP contribution in [-0.4, -0.2) is 24.0 Å². The lowest BCUT2D eigenvalue weighted by Crippen LogP contribution is -2.34. The van der Waals surface area contributed by atoms with Crippen LogP contribution >= 0.6 is 24.2 Å². The minimum atomic E-state index is -0.121. The molecule has 120 valence electrons. The normalized spacial score (nSPS) is 11.7. The first-order valence-corrected chi connectivity index (χ1v) is 8.46. The standard InChI is InChI=1S/C17H22N2OS.ClH/c1-2-9-21-12-17(20)19-16(11-18)15-8-7-13-5-3-4-6-14(13)10-15;/h3-8,10,16H,2,9,11-12,18H2,1H3,(H,19,20);1H. The van der Waals surface area contributed by atoms with Gasteiger partial charge in [-0.05, 0) is 34.6 Å². The molecule has 0 aliphatic carbocycles. The van der Waals surface area contributed by atoms with Crippen molar-refractivity contribution in [3.05, 3.63) is 48.0 Å². The van der Waals surface area contributed by atoms with E-state index in [0.717, 1.165) is 17.7 Å². The molecule has 0 aliphatic rings. The minimum Gasteiger partial charge on any atom is -0.347 e. The van der Waals surface area contributed by atoms with Crippen LogP contribution in [0.3, 0.4) is 0 Å². The van der Waals surface area contributed by atoms with E-state index in [1.807, 2.05) is 18.2 Å². The number of rotatable bonds is 7. The molecule has 0 bridgehead atoms. The van der Waals surface area contributed by atoms with Gasteiger partial charge in [0.05, 0.1) is 11.8 Å². The van der Waals surface area contributed by atoms with Crippen LogP contribution in [0.1, 0.15) is 24.9 Å². The summed E-state index contributed by atoms with van der Waals surface area (Å²) in [5.41, 5.74) is 6.89. The average Bonchev–Trinajstić information content (AvgIpc) is 2.52. The van der Waals surface area contributed by atoms with Gasteiger partial charge in [-0.15, -0.1) is 12.4 Å². The molecule has 3 N–H and O–H groups in total. The molecule has 3 nitrogen and oxygen atoms in total. The summed E-state index contributed by atoms with van der Waals surface area (Å²) in [5.74, 6) is 1.56. The molecule has 0 saturated carbocycles. The van der Waals surface area contributed by atoms with Crippen LogP contribution in [0.4, 0.5) is 0 Å². The monoisotopic (exact) mass is 338 g/mol. The number of thioether (sulfide) groups is 1. The predicted octanol–water partition coefficient (Wildman–Crippen LogP) is 3.52. The van der Waals surface area contributed by atoms with Gasteiger partial charge in [-0.25, -0.2) is 0 Å². The molecule has 5 heteroatoms. The van der Waals surface area contributed by atoms with E-state index >= 15 is 0 Å². The molecule has 0 aromatic heterocycles. The molecule has 2 aromatic rings. The minimum absolute atomic E-state index is 0. The highest BCUT2D eigenvalue weighted by Crippen LogP contribution is 2.20. The lowest BCUT2D eigenvalue weighted by atomic mass is 10.0. The molecule has 1 unspecified atom stereocenters. The Bertz CT molecular complexity index is 606. The molecule has 0 radical (unpaired) electrons. The third kappa shape index (κ3) is 5.20. The van der Waals surface area contributed by atoms with Crippen molar-refractivity contribution in [3.63, 3.8) is 0 Å². The molecule has 0 heterocycles. The number of hydrogen-bond donors (Lipinski definition) is 2. The van der Waals surface area contributed by atoms with Crippen LogP contribution < -0.4 is 11.1 Å². The average molecular weight is 339 g/mol. The van der Waals surface area contributed by atoms with Gasteiger partial charge in [0, 0.05) is 6.54 Å². The smallest absolute Gasteiger partial charge is 0.230 e. The Balaban J connectivity index is 0.00000242. The van der Waals surface area contributed by atoms with Crippen molar-refractivity contribution in [1.82, 2.24) is 5.32 Å². The number of amides is 1. The van der Waals surface area contributed by atoms with Crippen molar-refractivity contribution >= 4 is 40.8 Å². The summed E-state index contributed by atoms with van der Waals surface area (Å²) in [6.45, 7) is 2.52. The van der Waals surface area contributed by atoms with Crippen molar-refractivity contribution in [1.29, 1.82) is 0 Å². The fourth-order valence-corrected chi connectivity index (χ4v) is 2.95. The van der Waals surface area contributed by atoms with E-state index in [1.54, 1.807) is 11.8 Å². The molecular formula is C17H23ClN2OS. The topological polar surface area (TPSA) is 55.1 Å². The number of nitrogens with one attached hydrogen (secondary N) is 1. The van der Waals surface area contributed by atoms with Crippen LogP contribution in [0, 0.1) is 0 Å². The third-order valence-corrected chi connectivity index (χ3v) is 4.49. The zero-order valence-corrected chi connectivity index (χ0v) is 14.4. The highest BCUT2D eigenvalue weighted by atomic mass is 35.5. The number of carbonyl (C=O) groups is 1. The summed E-state index contributed by atoms with van der Waals surface area (Å²) < 4.78 is 0. The van der Waals surface area contributed by atoms with E-state index in [0.29, 0.717) is 12.3 Å². The molecule has 0 aliphatic heterocycles. The lowest BCUT2D eigenvalue weighted by molar-refractivity contribution is -0.119. The third-order valence-electron chi connectivity index (χ3n) is 3.33. The maximum atomic E-state index is 11.9. The van der Waals surface area contributed by atoms with Crippen molar-refractivity contribution in [2.45, 2.75) is 19.4 Å². The summed E-state index contributed by atoms with van der Waals surface area (Å²) in [7, 11) is 0. The second-order valence-electron chi connectivity index (χ2n) is 5.01. The first-order valence-electron chi connectivity index (χ1n) is 7.30. The summed E-state index contributed by atoms with van der Waals surface area (Å²) in [4.78, 5) is 11.9. The molecule has 2 rings (SSSR count). The van der Waals surface area contributed by atoms with Gasteiger partial charge >= 0.3 is 0 Å². The van der Waals surface area contributed by atoms with E-state index in [2.05, 4.69) is 36.5 Å². The predicted molar refractivity (Wildman–Crippen MR) is 98.8 cm³/mol. The van der Waals surface area contributed by atoms with Crippen LogP contribution in [0.2, 0.25) is 0 Å². The van der Waals surface area contributed by atoms with Crippen LogP contribution in [0.5, 0.6) is 0 Å². The Morgan fingerprint density at radius 3 is 2.64 bits per heavy atom. The molecular weight excluding hydrogens is 316 g/mol. The van der Waals surface area contributed by atoms with Gasteiger partial charge in [0.1, 0.15) is 0 Å². The largest absolute Gasteiger partial charge is 0.347 e. The van der Waals surface area contributed by atoms with E-state index < -0.39 is 0 Å². The van der Waals surface area contributed by atoms with Gasteiger partial charge in [-0.3, -0.25) is 4.79 Å². The number of nitrogens with two attached hydrogens (primary N) is 1. The highest BCUT2D eigenvalue weighted by molar-refractivity contribution is 7.99. The zero-order valence-electron chi connectivity index (χ0n) is 12.7. The molecule has 0 fully saturated rings. The van der Waals surface area contributed by atoms with E-state index in [-0.39, 0.29) is 24.4 Å². The van der Waals surface area contributed by atoms with E-state index in [4.69, 9.17) is 5.73 Å². The molecule has 22 heavy (non-hydrogen) atoms. The van der Waals surface area contributed by atoms with Crippen molar-refractivity contribution in [2.24, 2.45) is 5.73 Å². The molecule has 1 amide bonds. The number of halogens is 1. The molecule has 2 aromatic carbocycles. The van der Waals surface area contributed by atoms with Gasteiger partial charge in [0.15, 0.2) is 0 Å². The summed E-state index contributed by atoms with van der Waals surface area (Å²) >= 11 is 1.66.